The van der Waals surface area contributed by atoms with Crippen molar-refractivity contribution in [3.05, 3.63) is 59.7 Å². The largest absolute Gasteiger partial charge is 0.494 e. The Hall–Kier alpha value is -2.38. The fourth-order valence-corrected chi connectivity index (χ4v) is 4.89. The number of para-hydroxylation sites is 1. The number of hydrogen-bond acceptors (Lipinski definition) is 4. The lowest BCUT2D eigenvalue weighted by Crippen LogP contribution is -2.46. The molecule has 1 N–H and O–H groups in total. The first-order valence-electron chi connectivity index (χ1n) is 10.4. The third kappa shape index (κ3) is 6.06. The number of ether oxygens (including phenoxy) is 1. The number of rotatable bonds is 8. The quantitative estimate of drug-likeness (QED) is 0.651. The Labute approximate surface area is 179 Å². The number of aryl methyl sites for hydroxylation is 2. The molecule has 2 aromatic rings. The molecule has 0 aromatic heterocycles. The Morgan fingerprint density at radius 3 is 2.43 bits per heavy atom. The maximum Gasteiger partial charge on any atom is 0.240 e. The van der Waals surface area contributed by atoms with Gasteiger partial charge in [0.05, 0.1) is 11.5 Å². The van der Waals surface area contributed by atoms with E-state index in [0.717, 1.165) is 16.9 Å². The summed E-state index contributed by atoms with van der Waals surface area (Å²) in [4.78, 5) is 14.5. The first-order valence-corrected chi connectivity index (χ1v) is 11.9. The summed E-state index contributed by atoms with van der Waals surface area (Å²) < 4.78 is 33.8. The Kier molecular flexibility index (Phi) is 7.50. The highest BCUT2D eigenvalue weighted by Gasteiger charge is 2.26. The van der Waals surface area contributed by atoms with Gasteiger partial charge < -0.3 is 9.64 Å². The van der Waals surface area contributed by atoms with Gasteiger partial charge in [0.25, 0.3) is 0 Å². The topological polar surface area (TPSA) is 75.7 Å². The number of hydrogen-bond donors (Lipinski definition) is 1. The summed E-state index contributed by atoms with van der Waals surface area (Å²) in [5.74, 6) is 0.906. The molecule has 0 radical (unpaired) electrons. The SMILES string of the molecule is Cc1ccc(S(=O)(=O)NC2CCN(C(=O)CCCOc3ccccc3)CC2)cc1C. The van der Waals surface area contributed by atoms with Gasteiger partial charge in [-0.2, -0.15) is 0 Å². The lowest BCUT2D eigenvalue weighted by atomic mass is 10.1. The molecule has 1 saturated heterocycles. The summed E-state index contributed by atoms with van der Waals surface area (Å²) in [5, 5.41) is 0. The molecule has 1 aliphatic rings. The summed E-state index contributed by atoms with van der Waals surface area (Å²) in [6.45, 7) is 5.50. The van der Waals surface area contributed by atoms with Crippen molar-refractivity contribution in [1.82, 2.24) is 9.62 Å². The number of nitrogens with one attached hydrogen (secondary N) is 1. The molecule has 1 amide bonds. The molecule has 0 saturated carbocycles. The second-order valence-electron chi connectivity index (χ2n) is 7.79. The molecule has 0 spiro atoms. The third-order valence-electron chi connectivity index (χ3n) is 5.51. The van der Waals surface area contributed by atoms with E-state index in [1.54, 1.807) is 12.1 Å². The fourth-order valence-electron chi connectivity index (χ4n) is 3.50. The molecule has 7 heteroatoms. The minimum atomic E-state index is -3.55. The van der Waals surface area contributed by atoms with E-state index in [-0.39, 0.29) is 11.9 Å². The maximum absolute atomic E-state index is 12.7. The van der Waals surface area contributed by atoms with E-state index in [9.17, 15) is 13.2 Å². The van der Waals surface area contributed by atoms with Crippen LogP contribution in [0.4, 0.5) is 0 Å². The molecule has 1 fully saturated rings. The zero-order valence-corrected chi connectivity index (χ0v) is 18.5. The van der Waals surface area contributed by atoms with Gasteiger partial charge in [-0.3, -0.25) is 4.79 Å². The van der Waals surface area contributed by atoms with E-state index < -0.39 is 10.0 Å². The normalized spacial score (nSPS) is 15.2. The smallest absolute Gasteiger partial charge is 0.240 e. The summed E-state index contributed by atoms with van der Waals surface area (Å²) in [6, 6.07) is 14.6. The number of nitrogens with zero attached hydrogens (tertiary/aromatic N) is 1. The average Bonchev–Trinajstić information content (AvgIpc) is 2.74. The highest BCUT2D eigenvalue weighted by Crippen LogP contribution is 2.18. The van der Waals surface area contributed by atoms with Gasteiger partial charge in [-0.05, 0) is 68.5 Å². The van der Waals surface area contributed by atoms with Crippen molar-refractivity contribution in [2.45, 2.75) is 50.5 Å². The van der Waals surface area contributed by atoms with Gasteiger partial charge in [-0.1, -0.05) is 24.3 Å². The predicted molar refractivity (Wildman–Crippen MR) is 117 cm³/mol. The highest BCUT2D eigenvalue weighted by molar-refractivity contribution is 7.89. The summed E-state index contributed by atoms with van der Waals surface area (Å²) in [5.41, 5.74) is 2.02. The van der Waals surface area contributed by atoms with Crippen molar-refractivity contribution < 1.29 is 17.9 Å². The Morgan fingerprint density at radius 1 is 1.07 bits per heavy atom. The van der Waals surface area contributed by atoms with Crippen LogP contribution in [0.15, 0.2) is 53.4 Å². The van der Waals surface area contributed by atoms with Crippen LogP contribution in [0.2, 0.25) is 0 Å². The van der Waals surface area contributed by atoms with Crippen molar-refractivity contribution in [2.24, 2.45) is 0 Å². The van der Waals surface area contributed by atoms with E-state index in [1.165, 1.54) is 0 Å². The first-order chi connectivity index (χ1) is 14.3. The number of likely N-dealkylation sites (tertiary alicyclic amines) is 1. The molecule has 6 nitrogen and oxygen atoms in total. The molecular weight excluding hydrogens is 400 g/mol. The monoisotopic (exact) mass is 430 g/mol. The number of amides is 1. The molecule has 2 aromatic carbocycles. The van der Waals surface area contributed by atoms with Gasteiger partial charge in [-0.15, -0.1) is 0 Å². The zero-order chi connectivity index (χ0) is 21.6. The Bertz CT molecular complexity index is 952. The lowest BCUT2D eigenvalue weighted by Gasteiger charge is -2.32. The second kappa shape index (κ2) is 10.1. The van der Waals surface area contributed by atoms with E-state index in [4.69, 9.17) is 4.74 Å². The number of sulfonamides is 1. The van der Waals surface area contributed by atoms with Crippen LogP contribution in [0.3, 0.4) is 0 Å². The van der Waals surface area contributed by atoms with E-state index in [0.29, 0.717) is 50.3 Å². The average molecular weight is 431 g/mol. The van der Waals surface area contributed by atoms with Crippen LogP contribution < -0.4 is 9.46 Å². The standard InChI is InChI=1S/C23H30N2O4S/c1-18-10-11-22(17-19(18)2)30(27,28)24-20-12-14-25(15-13-20)23(26)9-6-16-29-21-7-4-3-5-8-21/h3-5,7-8,10-11,17,20,24H,6,9,12-16H2,1-2H3. The molecule has 3 rings (SSSR count). The van der Waals surface area contributed by atoms with Crippen LogP contribution in [0.25, 0.3) is 0 Å². The number of benzene rings is 2. The molecule has 0 bridgehead atoms. The van der Waals surface area contributed by atoms with Crippen molar-refractivity contribution in [1.29, 1.82) is 0 Å². The van der Waals surface area contributed by atoms with Crippen LogP contribution in [-0.2, 0) is 14.8 Å². The minimum absolute atomic E-state index is 0.0992. The summed E-state index contributed by atoms with van der Waals surface area (Å²) in [7, 11) is -3.55. The maximum atomic E-state index is 12.7. The minimum Gasteiger partial charge on any atom is -0.494 e. The van der Waals surface area contributed by atoms with Gasteiger partial charge in [0.1, 0.15) is 5.75 Å². The predicted octanol–water partition coefficient (Wildman–Crippen LogP) is 3.43. The van der Waals surface area contributed by atoms with Gasteiger partial charge in [0.15, 0.2) is 0 Å². The van der Waals surface area contributed by atoms with Gasteiger partial charge >= 0.3 is 0 Å². The summed E-state index contributed by atoms with van der Waals surface area (Å²) in [6.07, 6.45) is 2.34. The van der Waals surface area contributed by atoms with Crippen molar-refractivity contribution in [2.75, 3.05) is 19.7 Å². The third-order valence-corrected chi connectivity index (χ3v) is 7.02. The van der Waals surface area contributed by atoms with Crippen molar-refractivity contribution in [3.8, 4) is 5.75 Å². The fraction of sp³-hybridized carbons (Fsp3) is 0.435. The van der Waals surface area contributed by atoms with Crippen molar-refractivity contribution >= 4 is 15.9 Å². The Morgan fingerprint density at radius 2 is 1.77 bits per heavy atom. The highest BCUT2D eigenvalue weighted by atomic mass is 32.2. The first kappa shape index (κ1) is 22.3. The molecule has 1 heterocycles. The molecule has 1 aliphatic heterocycles. The Balaban J connectivity index is 1.41. The van der Waals surface area contributed by atoms with Gasteiger partial charge in [0, 0.05) is 25.6 Å². The zero-order valence-electron chi connectivity index (χ0n) is 17.6. The second-order valence-corrected chi connectivity index (χ2v) is 9.50. The molecule has 0 aliphatic carbocycles. The summed E-state index contributed by atoms with van der Waals surface area (Å²) >= 11 is 0. The molecule has 0 atom stereocenters. The molecule has 162 valence electrons. The van der Waals surface area contributed by atoms with E-state index in [1.807, 2.05) is 55.1 Å². The van der Waals surface area contributed by atoms with Gasteiger partial charge in [0.2, 0.25) is 15.9 Å². The van der Waals surface area contributed by atoms with Crippen LogP contribution in [0.5, 0.6) is 5.75 Å². The molecular formula is C23H30N2O4S. The van der Waals surface area contributed by atoms with E-state index >= 15 is 0 Å². The van der Waals surface area contributed by atoms with Crippen LogP contribution in [0, 0.1) is 13.8 Å². The molecule has 30 heavy (non-hydrogen) atoms. The number of carbonyl (C=O) groups excluding carboxylic acids is 1. The van der Waals surface area contributed by atoms with Crippen LogP contribution in [0.1, 0.15) is 36.8 Å². The van der Waals surface area contributed by atoms with Crippen LogP contribution in [-0.4, -0.2) is 45.0 Å². The van der Waals surface area contributed by atoms with E-state index in [2.05, 4.69) is 4.72 Å². The molecule has 0 unspecified atom stereocenters. The number of carbonyl (C=O) groups is 1. The van der Waals surface area contributed by atoms with Crippen LogP contribution >= 0.6 is 0 Å². The number of piperidine rings is 1. The van der Waals surface area contributed by atoms with Crippen molar-refractivity contribution in [3.63, 3.8) is 0 Å². The van der Waals surface area contributed by atoms with Gasteiger partial charge in [-0.25, -0.2) is 13.1 Å². The lowest BCUT2D eigenvalue weighted by molar-refractivity contribution is -0.132.